The highest BCUT2D eigenvalue weighted by Gasteiger charge is 2.37. The van der Waals surface area contributed by atoms with Crippen LogP contribution in [-0.2, 0) is 14.8 Å². The molecule has 2 rings (SSSR count). The van der Waals surface area contributed by atoms with E-state index in [2.05, 4.69) is 0 Å². The molecule has 2 saturated heterocycles. The Balaban J connectivity index is 2.11. The lowest BCUT2D eigenvalue weighted by Crippen LogP contribution is -2.55. The van der Waals surface area contributed by atoms with E-state index >= 15 is 0 Å². The Morgan fingerprint density at radius 1 is 1.16 bits per heavy atom. The molecule has 2 aliphatic rings. The van der Waals surface area contributed by atoms with Gasteiger partial charge >= 0.3 is 0 Å². The third kappa shape index (κ3) is 3.46. The van der Waals surface area contributed by atoms with Gasteiger partial charge in [-0.15, -0.1) is 0 Å². The van der Waals surface area contributed by atoms with Crippen molar-refractivity contribution < 1.29 is 18.3 Å². The molecular weight excluding hydrogens is 268 g/mol. The van der Waals surface area contributed by atoms with Gasteiger partial charge in [0.1, 0.15) is 6.04 Å². The highest BCUT2D eigenvalue weighted by atomic mass is 32.2. The third-order valence-electron chi connectivity index (χ3n) is 3.87. The summed E-state index contributed by atoms with van der Waals surface area (Å²) < 4.78 is 24.8. The average molecular weight is 290 g/mol. The molecule has 2 fully saturated rings. The van der Waals surface area contributed by atoms with Crippen LogP contribution in [0.3, 0.4) is 0 Å². The molecule has 0 spiro atoms. The second-order valence-corrected chi connectivity index (χ2v) is 7.40. The largest absolute Gasteiger partial charge is 0.391 e. The first-order chi connectivity index (χ1) is 8.89. The van der Waals surface area contributed by atoms with Gasteiger partial charge in [-0.1, -0.05) is 6.42 Å². The highest BCUT2D eigenvalue weighted by Crippen LogP contribution is 2.23. The number of sulfonamides is 1. The standard InChI is InChI=1S/C12H22N2O4S/c1-19(17,18)14-8-3-2-6-11(14)12(16)13-7-4-5-10(15)9-13/h10-11,15H,2-9H2,1H3. The molecule has 1 N–H and O–H groups in total. The summed E-state index contributed by atoms with van der Waals surface area (Å²) in [5.74, 6) is -0.149. The predicted molar refractivity (Wildman–Crippen MR) is 71.0 cm³/mol. The predicted octanol–water partition coefficient (Wildman–Crippen LogP) is -0.216. The molecule has 0 saturated carbocycles. The lowest BCUT2D eigenvalue weighted by molar-refractivity contribution is -0.139. The molecule has 19 heavy (non-hydrogen) atoms. The molecular formula is C12H22N2O4S. The number of carbonyl (C=O) groups excluding carboxylic acids is 1. The summed E-state index contributed by atoms with van der Waals surface area (Å²) in [6.07, 6.45) is 4.43. The van der Waals surface area contributed by atoms with E-state index in [1.54, 1.807) is 4.90 Å². The van der Waals surface area contributed by atoms with E-state index in [1.807, 2.05) is 0 Å². The van der Waals surface area contributed by atoms with Crippen LogP contribution in [0.15, 0.2) is 0 Å². The maximum absolute atomic E-state index is 12.5. The molecule has 7 heteroatoms. The summed E-state index contributed by atoms with van der Waals surface area (Å²) in [6.45, 7) is 1.36. The maximum Gasteiger partial charge on any atom is 0.241 e. The van der Waals surface area contributed by atoms with Crippen LogP contribution in [0.4, 0.5) is 0 Å². The Bertz CT molecular complexity index is 437. The molecule has 0 bridgehead atoms. The van der Waals surface area contributed by atoms with Crippen molar-refractivity contribution in [1.82, 2.24) is 9.21 Å². The number of β-amino-alcohol motifs (C(OH)–C–C–N with tert-alkyl or cyclic N) is 1. The van der Waals surface area contributed by atoms with Gasteiger partial charge in [0, 0.05) is 19.6 Å². The molecule has 2 aliphatic heterocycles. The summed E-state index contributed by atoms with van der Waals surface area (Å²) in [7, 11) is -3.35. The van der Waals surface area contributed by atoms with Gasteiger partial charge < -0.3 is 10.0 Å². The summed E-state index contributed by atoms with van der Waals surface area (Å²) in [5, 5.41) is 9.63. The molecule has 2 unspecified atom stereocenters. The van der Waals surface area contributed by atoms with E-state index in [4.69, 9.17) is 0 Å². The van der Waals surface area contributed by atoms with Gasteiger partial charge in [0.15, 0.2) is 0 Å². The lowest BCUT2D eigenvalue weighted by Gasteiger charge is -2.38. The van der Waals surface area contributed by atoms with Crippen molar-refractivity contribution in [1.29, 1.82) is 0 Å². The van der Waals surface area contributed by atoms with Crippen molar-refractivity contribution in [3.05, 3.63) is 0 Å². The minimum Gasteiger partial charge on any atom is -0.391 e. The fourth-order valence-electron chi connectivity index (χ4n) is 2.91. The summed E-state index contributed by atoms with van der Waals surface area (Å²) >= 11 is 0. The summed E-state index contributed by atoms with van der Waals surface area (Å²) in [6, 6.07) is -0.575. The van der Waals surface area contributed by atoms with Crippen molar-refractivity contribution in [2.24, 2.45) is 0 Å². The van der Waals surface area contributed by atoms with Crippen molar-refractivity contribution in [2.45, 2.75) is 44.2 Å². The smallest absolute Gasteiger partial charge is 0.241 e. The van der Waals surface area contributed by atoms with Gasteiger partial charge in [-0.05, 0) is 25.7 Å². The summed E-state index contributed by atoms with van der Waals surface area (Å²) in [5.41, 5.74) is 0. The number of carbonyl (C=O) groups is 1. The molecule has 0 aromatic heterocycles. The van der Waals surface area contributed by atoms with Crippen LogP contribution in [0.25, 0.3) is 0 Å². The van der Waals surface area contributed by atoms with Crippen molar-refractivity contribution in [3.63, 3.8) is 0 Å². The normalized spacial score (nSPS) is 30.3. The maximum atomic E-state index is 12.5. The van der Waals surface area contributed by atoms with Crippen LogP contribution >= 0.6 is 0 Å². The number of amides is 1. The quantitative estimate of drug-likeness (QED) is 0.763. The number of likely N-dealkylation sites (tertiary alicyclic amines) is 1. The van der Waals surface area contributed by atoms with Gasteiger partial charge in [0.05, 0.1) is 12.4 Å². The van der Waals surface area contributed by atoms with Gasteiger partial charge in [-0.3, -0.25) is 4.79 Å². The minimum absolute atomic E-state index is 0.149. The molecule has 110 valence electrons. The second kappa shape index (κ2) is 5.76. The molecule has 6 nitrogen and oxygen atoms in total. The SMILES string of the molecule is CS(=O)(=O)N1CCCCC1C(=O)N1CCCC(O)C1. The number of hydrogen-bond donors (Lipinski definition) is 1. The number of nitrogens with zero attached hydrogens (tertiary/aromatic N) is 2. The molecule has 0 aromatic carbocycles. The van der Waals surface area contributed by atoms with E-state index in [9.17, 15) is 18.3 Å². The van der Waals surface area contributed by atoms with Crippen molar-refractivity contribution >= 4 is 15.9 Å². The molecule has 2 heterocycles. The average Bonchev–Trinajstić information content (AvgIpc) is 2.37. The molecule has 1 amide bonds. The van der Waals surface area contributed by atoms with Crippen molar-refractivity contribution in [3.8, 4) is 0 Å². The van der Waals surface area contributed by atoms with Crippen LogP contribution in [-0.4, -0.2) is 66.7 Å². The minimum atomic E-state index is -3.35. The van der Waals surface area contributed by atoms with Gasteiger partial charge in [-0.25, -0.2) is 8.42 Å². The van der Waals surface area contributed by atoms with E-state index < -0.39 is 22.2 Å². The van der Waals surface area contributed by atoms with E-state index in [1.165, 1.54) is 4.31 Å². The number of rotatable bonds is 2. The van der Waals surface area contributed by atoms with Gasteiger partial charge in [-0.2, -0.15) is 4.31 Å². The van der Waals surface area contributed by atoms with Gasteiger partial charge in [0.25, 0.3) is 0 Å². The Kier molecular flexibility index (Phi) is 4.47. The molecule has 0 aromatic rings. The van der Waals surface area contributed by atoms with Crippen LogP contribution in [0, 0.1) is 0 Å². The lowest BCUT2D eigenvalue weighted by atomic mass is 10.0. The Labute approximate surface area is 114 Å². The Morgan fingerprint density at radius 3 is 2.53 bits per heavy atom. The monoisotopic (exact) mass is 290 g/mol. The zero-order valence-electron chi connectivity index (χ0n) is 11.3. The van der Waals surface area contributed by atoms with E-state index in [0.29, 0.717) is 32.5 Å². The van der Waals surface area contributed by atoms with Crippen LogP contribution in [0.2, 0.25) is 0 Å². The first-order valence-corrected chi connectivity index (χ1v) is 8.68. The number of aliphatic hydroxyl groups is 1. The third-order valence-corrected chi connectivity index (χ3v) is 5.16. The first kappa shape index (κ1) is 14.7. The fourth-order valence-corrected chi connectivity index (χ4v) is 4.03. The highest BCUT2D eigenvalue weighted by molar-refractivity contribution is 7.88. The zero-order valence-corrected chi connectivity index (χ0v) is 12.1. The molecule has 2 atom stereocenters. The fraction of sp³-hybridized carbons (Fsp3) is 0.917. The van der Waals surface area contributed by atoms with Crippen LogP contribution < -0.4 is 0 Å². The van der Waals surface area contributed by atoms with E-state index in [0.717, 1.165) is 25.5 Å². The molecule has 0 aliphatic carbocycles. The topological polar surface area (TPSA) is 77.9 Å². The van der Waals surface area contributed by atoms with Crippen LogP contribution in [0.1, 0.15) is 32.1 Å². The van der Waals surface area contributed by atoms with Gasteiger partial charge in [0.2, 0.25) is 15.9 Å². The first-order valence-electron chi connectivity index (χ1n) is 6.83. The summed E-state index contributed by atoms with van der Waals surface area (Å²) in [4.78, 5) is 14.1. The molecule has 0 radical (unpaired) electrons. The second-order valence-electron chi connectivity index (χ2n) is 5.47. The van der Waals surface area contributed by atoms with Crippen LogP contribution in [0.5, 0.6) is 0 Å². The van der Waals surface area contributed by atoms with Crippen molar-refractivity contribution in [2.75, 3.05) is 25.9 Å². The number of piperidine rings is 2. The Morgan fingerprint density at radius 2 is 1.89 bits per heavy atom. The zero-order chi connectivity index (χ0) is 14.0. The number of hydrogen-bond acceptors (Lipinski definition) is 4. The van der Waals surface area contributed by atoms with E-state index in [-0.39, 0.29) is 5.91 Å². The Hall–Kier alpha value is -0.660. The number of aliphatic hydroxyl groups excluding tert-OH is 1.